The molecule has 110 valence electrons. The highest BCUT2D eigenvalue weighted by atomic mass is 32.2. The molecule has 0 saturated carbocycles. The molecule has 0 bridgehead atoms. The van der Waals surface area contributed by atoms with E-state index < -0.39 is 26.4 Å². The first-order valence-corrected chi connectivity index (χ1v) is 8.46. The Kier molecular flexibility index (Phi) is 4.21. The van der Waals surface area contributed by atoms with E-state index in [9.17, 15) is 23.6 Å². The zero-order valence-electron chi connectivity index (χ0n) is 10.7. The Labute approximate surface area is 120 Å². The van der Waals surface area contributed by atoms with Gasteiger partial charge in [0.25, 0.3) is 0 Å². The third kappa shape index (κ3) is 2.74. The van der Waals surface area contributed by atoms with Gasteiger partial charge in [0.2, 0.25) is 10.0 Å². The van der Waals surface area contributed by atoms with Crippen LogP contribution in [0, 0.1) is 10.1 Å². The maximum atomic E-state index is 12.4. The van der Waals surface area contributed by atoms with Crippen molar-refractivity contribution >= 4 is 27.5 Å². The lowest BCUT2D eigenvalue weighted by molar-refractivity contribution is -0.386. The maximum absolute atomic E-state index is 12.4. The predicted molar refractivity (Wildman–Crippen MR) is 75.4 cm³/mol. The minimum Gasteiger partial charge on any atom is -0.502 e. The number of phenols is 1. The zero-order chi connectivity index (χ0) is 14.9. The third-order valence-electron chi connectivity index (χ3n) is 3.24. The van der Waals surface area contributed by atoms with Gasteiger partial charge in [-0.2, -0.15) is 16.1 Å². The molecule has 2 rings (SSSR count). The average molecular weight is 318 g/mol. The van der Waals surface area contributed by atoms with Gasteiger partial charge in [0.05, 0.1) is 9.82 Å². The summed E-state index contributed by atoms with van der Waals surface area (Å²) in [6.45, 7) is 0. The summed E-state index contributed by atoms with van der Waals surface area (Å²) in [4.78, 5) is 9.78. The number of phenolic OH excluding ortho intramolecular Hbond substituents is 1. The molecule has 1 heterocycles. The average Bonchev–Trinajstić information content (AvgIpc) is 2.91. The SMILES string of the molecule is CN(C1CCSC1)S(=O)(=O)c1ccc(O)c([N+](=O)[O-])c1. The molecule has 1 N–H and O–H groups in total. The van der Waals surface area contributed by atoms with Crippen molar-refractivity contribution in [3.63, 3.8) is 0 Å². The highest BCUT2D eigenvalue weighted by Crippen LogP contribution is 2.31. The number of benzene rings is 1. The van der Waals surface area contributed by atoms with Crippen LogP contribution >= 0.6 is 11.8 Å². The van der Waals surface area contributed by atoms with Gasteiger partial charge >= 0.3 is 5.69 Å². The van der Waals surface area contributed by atoms with Crippen LogP contribution in [0.25, 0.3) is 0 Å². The Morgan fingerprint density at radius 2 is 2.20 bits per heavy atom. The van der Waals surface area contributed by atoms with E-state index in [4.69, 9.17) is 0 Å². The van der Waals surface area contributed by atoms with E-state index in [1.54, 1.807) is 11.8 Å². The summed E-state index contributed by atoms with van der Waals surface area (Å²) in [5.41, 5.74) is -0.611. The molecule has 0 amide bonds. The highest BCUT2D eigenvalue weighted by Gasteiger charge is 2.31. The maximum Gasteiger partial charge on any atom is 0.312 e. The molecular formula is C11H14N2O5S2. The molecule has 1 aliphatic rings. The van der Waals surface area contributed by atoms with Crippen molar-refractivity contribution in [3.05, 3.63) is 28.3 Å². The number of hydrogen-bond donors (Lipinski definition) is 1. The van der Waals surface area contributed by atoms with Crippen LogP contribution < -0.4 is 0 Å². The first kappa shape index (κ1) is 15.1. The second-order valence-electron chi connectivity index (χ2n) is 4.45. The largest absolute Gasteiger partial charge is 0.502 e. The summed E-state index contributed by atoms with van der Waals surface area (Å²) in [5, 5.41) is 20.1. The first-order chi connectivity index (χ1) is 9.34. The van der Waals surface area contributed by atoms with Crippen molar-refractivity contribution in [2.75, 3.05) is 18.6 Å². The number of sulfonamides is 1. The van der Waals surface area contributed by atoms with E-state index in [0.29, 0.717) is 0 Å². The van der Waals surface area contributed by atoms with Crippen LogP contribution in [0.4, 0.5) is 5.69 Å². The summed E-state index contributed by atoms with van der Waals surface area (Å²) in [6, 6.07) is 3.00. The molecule has 1 fully saturated rings. The molecule has 0 aliphatic carbocycles. The summed E-state index contributed by atoms with van der Waals surface area (Å²) >= 11 is 1.68. The van der Waals surface area contributed by atoms with Crippen molar-refractivity contribution in [1.29, 1.82) is 0 Å². The van der Waals surface area contributed by atoms with E-state index in [1.165, 1.54) is 17.4 Å². The lowest BCUT2D eigenvalue weighted by Crippen LogP contribution is -2.36. The van der Waals surface area contributed by atoms with Crippen molar-refractivity contribution in [3.8, 4) is 5.75 Å². The molecule has 1 aliphatic heterocycles. The monoisotopic (exact) mass is 318 g/mol. The summed E-state index contributed by atoms with van der Waals surface area (Å²) < 4.78 is 26.1. The van der Waals surface area contributed by atoms with Crippen LogP contribution in [0.1, 0.15) is 6.42 Å². The second-order valence-corrected chi connectivity index (χ2v) is 7.59. The molecule has 1 aromatic carbocycles. The molecule has 1 saturated heterocycles. The van der Waals surface area contributed by atoms with Crippen LogP contribution in [0.3, 0.4) is 0 Å². The molecule has 0 spiro atoms. The standard InChI is InChI=1S/C11H14N2O5S2/c1-12(8-4-5-19-7-8)20(17,18)9-2-3-11(14)10(6-9)13(15)16/h2-3,6,8,14H,4-5,7H2,1H3. The Balaban J connectivity index is 2.38. The second kappa shape index (κ2) is 5.58. The molecule has 20 heavy (non-hydrogen) atoms. The fraction of sp³-hybridized carbons (Fsp3) is 0.455. The molecule has 1 unspecified atom stereocenters. The lowest BCUT2D eigenvalue weighted by atomic mass is 10.3. The van der Waals surface area contributed by atoms with Crippen LogP contribution in [0.2, 0.25) is 0 Å². The lowest BCUT2D eigenvalue weighted by Gasteiger charge is -2.23. The van der Waals surface area contributed by atoms with Crippen molar-refractivity contribution in [2.45, 2.75) is 17.4 Å². The number of thioether (sulfide) groups is 1. The van der Waals surface area contributed by atoms with Crippen LogP contribution in [0.15, 0.2) is 23.1 Å². The van der Waals surface area contributed by atoms with Crippen molar-refractivity contribution in [1.82, 2.24) is 4.31 Å². The van der Waals surface area contributed by atoms with E-state index in [-0.39, 0.29) is 10.9 Å². The minimum atomic E-state index is -3.79. The van der Waals surface area contributed by atoms with Gasteiger partial charge in [-0.1, -0.05) is 0 Å². The summed E-state index contributed by atoms with van der Waals surface area (Å²) in [6.07, 6.45) is 0.764. The number of nitro groups is 1. The van der Waals surface area contributed by atoms with Crippen LogP contribution in [0.5, 0.6) is 5.75 Å². The molecule has 0 aromatic heterocycles. The zero-order valence-corrected chi connectivity index (χ0v) is 12.4. The van der Waals surface area contributed by atoms with Crippen LogP contribution in [-0.4, -0.2) is 47.3 Å². The molecule has 1 aromatic rings. The molecule has 0 radical (unpaired) electrons. The predicted octanol–water partition coefficient (Wildman–Crippen LogP) is 1.43. The highest BCUT2D eigenvalue weighted by molar-refractivity contribution is 7.99. The Morgan fingerprint density at radius 3 is 2.75 bits per heavy atom. The van der Waals surface area contributed by atoms with Gasteiger partial charge in [-0.25, -0.2) is 8.42 Å². The Morgan fingerprint density at radius 1 is 1.50 bits per heavy atom. The minimum absolute atomic E-state index is 0.0992. The normalized spacial score (nSPS) is 19.4. The molecule has 9 heteroatoms. The molecular weight excluding hydrogens is 304 g/mol. The first-order valence-electron chi connectivity index (χ1n) is 5.87. The molecule has 7 nitrogen and oxygen atoms in total. The van der Waals surface area contributed by atoms with Gasteiger partial charge in [-0.3, -0.25) is 10.1 Å². The number of rotatable bonds is 4. The van der Waals surface area contributed by atoms with Crippen molar-refractivity contribution in [2.24, 2.45) is 0 Å². The quantitative estimate of drug-likeness (QED) is 0.665. The van der Waals surface area contributed by atoms with E-state index in [0.717, 1.165) is 30.1 Å². The fourth-order valence-corrected chi connectivity index (χ4v) is 4.75. The van der Waals surface area contributed by atoms with Gasteiger partial charge in [-0.15, -0.1) is 0 Å². The van der Waals surface area contributed by atoms with Gasteiger partial charge in [0.1, 0.15) is 0 Å². The van der Waals surface area contributed by atoms with Crippen molar-refractivity contribution < 1.29 is 18.4 Å². The topological polar surface area (TPSA) is 101 Å². The van der Waals surface area contributed by atoms with E-state index >= 15 is 0 Å². The number of nitrogens with zero attached hydrogens (tertiary/aromatic N) is 2. The summed E-state index contributed by atoms with van der Waals surface area (Å²) in [5.74, 6) is 1.07. The Hall–Kier alpha value is -1.32. The van der Waals surface area contributed by atoms with Crippen LogP contribution in [-0.2, 0) is 10.0 Å². The molecule has 1 atom stereocenters. The van der Waals surface area contributed by atoms with Gasteiger partial charge in [0.15, 0.2) is 5.75 Å². The Bertz CT molecular complexity index is 626. The number of nitro benzene ring substituents is 1. The third-order valence-corrected chi connectivity index (χ3v) is 6.29. The smallest absolute Gasteiger partial charge is 0.312 e. The van der Waals surface area contributed by atoms with Gasteiger partial charge in [-0.05, 0) is 24.3 Å². The summed E-state index contributed by atoms with van der Waals surface area (Å²) in [7, 11) is -2.31. The van der Waals surface area contributed by atoms with Gasteiger partial charge < -0.3 is 5.11 Å². The number of aromatic hydroxyl groups is 1. The number of hydrogen-bond acceptors (Lipinski definition) is 6. The fourth-order valence-electron chi connectivity index (χ4n) is 1.98. The van der Waals surface area contributed by atoms with Gasteiger partial charge in [0, 0.05) is 24.9 Å². The van der Waals surface area contributed by atoms with E-state index in [1.807, 2.05) is 0 Å². The van der Waals surface area contributed by atoms with E-state index in [2.05, 4.69) is 0 Å².